The molecular formula is C15H24N4O2. The van der Waals surface area contributed by atoms with Crippen LogP contribution in [0.2, 0.25) is 0 Å². The van der Waals surface area contributed by atoms with Crippen LogP contribution in [0.25, 0.3) is 0 Å². The summed E-state index contributed by atoms with van der Waals surface area (Å²) in [6.07, 6.45) is 1.69. The van der Waals surface area contributed by atoms with Gasteiger partial charge < -0.3 is 14.9 Å². The van der Waals surface area contributed by atoms with E-state index in [2.05, 4.69) is 16.9 Å². The lowest BCUT2D eigenvalue weighted by Crippen LogP contribution is -2.33. The molecule has 0 spiro atoms. The summed E-state index contributed by atoms with van der Waals surface area (Å²) in [5.41, 5.74) is 8.05. The van der Waals surface area contributed by atoms with Crippen molar-refractivity contribution in [3.63, 3.8) is 0 Å². The van der Waals surface area contributed by atoms with E-state index in [9.17, 15) is 0 Å². The van der Waals surface area contributed by atoms with Crippen LogP contribution in [-0.4, -0.2) is 34.9 Å². The second kappa shape index (κ2) is 6.78. The highest BCUT2D eigenvalue weighted by Crippen LogP contribution is 2.32. The minimum atomic E-state index is 0.0451. The number of aromatic nitrogens is 2. The summed E-state index contributed by atoms with van der Waals surface area (Å²) in [4.78, 5) is 2.27. The molecule has 0 bridgehead atoms. The van der Waals surface area contributed by atoms with Gasteiger partial charge in [-0.1, -0.05) is 6.92 Å². The van der Waals surface area contributed by atoms with Gasteiger partial charge in [-0.25, -0.2) is 4.68 Å². The van der Waals surface area contributed by atoms with Crippen molar-refractivity contribution in [1.82, 2.24) is 14.7 Å². The van der Waals surface area contributed by atoms with Crippen LogP contribution in [0.4, 0.5) is 0 Å². The van der Waals surface area contributed by atoms with Gasteiger partial charge in [0.05, 0.1) is 37.2 Å². The molecule has 6 heteroatoms. The number of rotatable bonds is 7. The third-order valence-electron chi connectivity index (χ3n) is 3.75. The number of nitrogens with zero attached hydrogens (tertiary/aromatic N) is 3. The molecule has 2 N–H and O–H groups in total. The quantitative estimate of drug-likeness (QED) is 0.843. The van der Waals surface area contributed by atoms with Crippen LogP contribution in [-0.2, 0) is 13.6 Å². The molecule has 2 rings (SSSR count). The summed E-state index contributed by atoms with van der Waals surface area (Å²) in [6, 6.07) is 3.92. The summed E-state index contributed by atoms with van der Waals surface area (Å²) in [6.45, 7) is 6.17. The summed E-state index contributed by atoms with van der Waals surface area (Å²) in [5, 5.41) is 4.45. The fourth-order valence-electron chi connectivity index (χ4n) is 2.77. The van der Waals surface area contributed by atoms with E-state index >= 15 is 0 Å². The molecule has 0 aliphatic rings. The molecule has 2 heterocycles. The summed E-state index contributed by atoms with van der Waals surface area (Å²) < 4.78 is 12.7. The molecule has 1 atom stereocenters. The Morgan fingerprint density at radius 1 is 1.52 bits per heavy atom. The molecule has 6 nitrogen and oxygen atoms in total. The molecule has 116 valence electrons. The predicted molar refractivity (Wildman–Crippen MR) is 81.1 cm³/mol. The van der Waals surface area contributed by atoms with Gasteiger partial charge in [0, 0.05) is 13.6 Å². The van der Waals surface area contributed by atoms with Crippen molar-refractivity contribution in [3.8, 4) is 5.88 Å². The number of methoxy groups -OCH3 is 1. The maximum absolute atomic E-state index is 6.05. The monoisotopic (exact) mass is 292 g/mol. The van der Waals surface area contributed by atoms with E-state index in [1.54, 1.807) is 18.1 Å². The van der Waals surface area contributed by atoms with Crippen LogP contribution < -0.4 is 10.5 Å². The zero-order valence-electron chi connectivity index (χ0n) is 13.2. The number of nitrogens with two attached hydrogens (primary N) is 1. The van der Waals surface area contributed by atoms with Gasteiger partial charge in [0.15, 0.2) is 0 Å². The molecular weight excluding hydrogens is 268 g/mol. The molecule has 0 radical (unpaired) electrons. The van der Waals surface area contributed by atoms with Crippen molar-refractivity contribution in [2.45, 2.75) is 26.4 Å². The number of ether oxygens (including phenoxy) is 1. The third kappa shape index (κ3) is 3.11. The maximum Gasteiger partial charge on any atom is 0.216 e. The van der Waals surface area contributed by atoms with Crippen molar-refractivity contribution in [2.24, 2.45) is 12.8 Å². The topological polar surface area (TPSA) is 69.5 Å². The van der Waals surface area contributed by atoms with E-state index in [1.807, 2.05) is 26.1 Å². The Bertz CT molecular complexity index is 562. The van der Waals surface area contributed by atoms with Crippen LogP contribution in [0.3, 0.4) is 0 Å². The van der Waals surface area contributed by atoms with Crippen LogP contribution in [0.5, 0.6) is 5.88 Å². The van der Waals surface area contributed by atoms with E-state index < -0.39 is 0 Å². The fourth-order valence-corrected chi connectivity index (χ4v) is 2.77. The molecule has 0 saturated heterocycles. The minimum Gasteiger partial charge on any atom is -0.481 e. The molecule has 0 aliphatic heterocycles. The maximum atomic E-state index is 6.05. The molecule has 2 aromatic rings. The number of aryl methyl sites for hydroxylation is 2. The van der Waals surface area contributed by atoms with E-state index in [-0.39, 0.29) is 6.04 Å². The zero-order chi connectivity index (χ0) is 15.4. The highest BCUT2D eigenvalue weighted by molar-refractivity contribution is 5.34. The van der Waals surface area contributed by atoms with Crippen molar-refractivity contribution in [2.75, 3.05) is 20.2 Å². The first-order chi connectivity index (χ1) is 10.1. The highest BCUT2D eigenvalue weighted by Gasteiger charge is 2.27. The number of hydrogen-bond donors (Lipinski definition) is 1. The Kier molecular flexibility index (Phi) is 5.03. The van der Waals surface area contributed by atoms with Gasteiger partial charge in [0.2, 0.25) is 5.88 Å². The molecule has 0 aromatic carbocycles. The fraction of sp³-hybridized carbons (Fsp3) is 0.533. The Labute approximate surface area is 125 Å². The van der Waals surface area contributed by atoms with E-state index in [0.29, 0.717) is 13.1 Å². The Hall–Kier alpha value is -1.79. The normalized spacial score (nSPS) is 12.9. The Balaban J connectivity index is 2.33. The van der Waals surface area contributed by atoms with E-state index in [1.165, 1.54) is 0 Å². The van der Waals surface area contributed by atoms with E-state index in [4.69, 9.17) is 14.9 Å². The summed E-state index contributed by atoms with van der Waals surface area (Å²) in [7, 11) is 3.54. The van der Waals surface area contributed by atoms with Crippen molar-refractivity contribution < 1.29 is 9.15 Å². The van der Waals surface area contributed by atoms with Crippen molar-refractivity contribution in [3.05, 3.63) is 35.4 Å². The Morgan fingerprint density at radius 2 is 2.29 bits per heavy atom. The first kappa shape index (κ1) is 15.6. The number of hydrogen-bond acceptors (Lipinski definition) is 5. The largest absolute Gasteiger partial charge is 0.481 e. The smallest absolute Gasteiger partial charge is 0.216 e. The van der Waals surface area contributed by atoms with Gasteiger partial charge in [-0.2, -0.15) is 5.10 Å². The molecule has 2 aromatic heterocycles. The van der Waals surface area contributed by atoms with E-state index in [0.717, 1.165) is 29.4 Å². The average molecular weight is 292 g/mol. The summed E-state index contributed by atoms with van der Waals surface area (Å²) in [5.74, 6) is 1.69. The Morgan fingerprint density at radius 3 is 2.81 bits per heavy atom. The zero-order valence-corrected chi connectivity index (χ0v) is 13.2. The number of furan rings is 1. The van der Waals surface area contributed by atoms with Gasteiger partial charge in [-0.15, -0.1) is 0 Å². The molecule has 0 aliphatic carbocycles. The van der Waals surface area contributed by atoms with Crippen molar-refractivity contribution >= 4 is 0 Å². The second-order valence-electron chi connectivity index (χ2n) is 5.03. The first-order valence-electron chi connectivity index (χ1n) is 7.16. The van der Waals surface area contributed by atoms with Gasteiger partial charge in [-0.3, -0.25) is 4.90 Å². The number of likely N-dealkylation sites (N-methyl/N-ethyl adjacent to an activating group) is 1. The highest BCUT2D eigenvalue weighted by atomic mass is 16.5. The SMILES string of the molecule is CCN(Cc1ccco1)C(CN)c1c(C)nn(C)c1OC. The standard InChI is InChI=1S/C15H24N4O2/c1-5-19(10-12-7-6-8-21-12)13(9-16)14-11(2)17-18(3)15(14)20-4/h6-8,13H,5,9-10,16H2,1-4H3. The average Bonchev–Trinajstić information content (AvgIpc) is 3.07. The lowest BCUT2D eigenvalue weighted by atomic mass is 10.1. The van der Waals surface area contributed by atoms with Crippen LogP contribution in [0.15, 0.2) is 22.8 Å². The lowest BCUT2D eigenvalue weighted by Gasteiger charge is -2.29. The minimum absolute atomic E-state index is 0.0451. The molecule has 0 fully saturated rings. The summed E-state index contributed by atoms with van der Waals surface area (Å²) >= 11 is 0. The molecule has 0 saturated carbocycles. The van der Waals surface area contributed by atoms with Crippen molar-refractivity contribution in [1.29, 1.82) is 0 Å². The first-order valence-corrected chi connectivity index (χ1v) is 7.16. The molecule has 1 unspecified atom stereocenters. The van der Waals surface area contributed by atoms with Gasteiger partial charge in [-0.05, 0) is 25.6 Å². The lowest BCUT2D eigenvalue weighted by molar-refractivity contribution is 0.183. The molecule has 0 amide bonds. The molecule has 21 heavy (non-hydrogen) atoms. The van der Waals surface area contributed by atoms with Crippen LogP contribution >= 0.6 is 0 Å². The van der Waals surface area contributed by atoms with Crippen LogP contribution in [0, 0.1) is 6.92 Å². The van der Waals surface area contributed by atoms with Gasteiger partial charge in [0.1, 0.15) is 5.76 Å². The van der Waals surface area contributed by atoms with Gasteiger partial charge >= 0.3 is 0 Å². The van der Waals surface area contributed by atoms with Crippen LogP contribution in [0.1, 0.15) is 30.0 Å². The second-order valence-corrected chi connectivity index (χ2v) is 5.03. The third-order valence-corrected chi connectivity index (χ3v) is 3.75. The van der Waals surface area contributed by atoms with Gasteiger partial charge in [0.25, 0.3) is 0 Å². The predicted octanol–water partition coefficient (Wildman–Crippen LogP) is 1.85.